The molecule has 1 N–H and O–H groups in total. The summed E-state index contributed by atoms with van der Waals surface area (Å²) in [6, 6.07) is 7.35. The van der Waals surface area contributed by atoms with E-state index in [0.717, 1.165) is 16.9 Å². The molecule has 2 aromatic rings. The van der Waals surface area contributed by atoms with Crippen LogP contribution in [0.25, 0.3) is 0 Å². The average Bonchev–Trinajstić information content (AvgIpc) is 2.87. The third-order valence-electron chi connectivity index (χ3n) is 2.80. The van der Waals surface area contributed by atoms with Crippen LogP contribution in [0.1, 0.15) is 32.6 Å². The molecule has 7 heteroatoms. The van der Waals surface area contributed by atoms with Crippen LogP contribution in [0.4, 0.5) is 5.13 Å². The van der Waals surface area contributed by atoms with Crippen LogP contribution in [0, 0.1) is 0 Å². The lowest BCUT2D eigenvalue weighted by Crippen LogP contribution is -2.16. The zero-order chi connectivity index (χ0) is 15.6. The quantitative estimate of drug-likeness (QED) is 0.854. The Balaban J connectivity index is 2.25. The van der Waals surface area contributed by atoms with Gasteiger partial charge in [0.15, 0.2) is 16.6 Å². The second-order valence-corrected chi connectivity index (χ2v) is 5.93. The van der Waals surface area contributed by atoms with Gasteiger partial charge in [-0.05, 0) is 17.7 Å². The van der Waals surface area contributed by atoms with Gasteiger partial charge in [-0.25, -0.2) is 9.78 Å². The molecule has 0 bridgehead atoms. The predicted octanol–water partition coefficient (Wildman–Crippen LogP) is 3.33. The van der Waals surface area contributed by atoms with Gasteiger partial charge in [0.25, 0.3) is 0 Å². The molecule has 0 radical (unpaired) electrons. The Labute approximate surface area is 130 Å². The van der Waals surface area contributed by atoms with E-state index in [1.54, 1.807) is 24.1 Å². The first-order chi connectivity index (χ1) is 9.88. The number of carboxylic acid groups (broad SMARTS) is 1. The van der Waals surface area contributed by atoms with Gasteiger partial charge in [0.05, 0.1) is 0 Å². The van der Waals surface area contributed by atoms with Crippen molar-refractivity contribution in [1.29, 1.82) is 0 Å². The van der Waals surface area contributed by atoms with Crippen molar-refractivity contribution in [2.75, 3.05) is 11.9 Å². The minimum atomic E-state index is -1.19. The number of aromatic carboxylic acids is 1. The first kappa shape index (κ1) is 15.5. The first-order valence-electron chi connectivity index (χ1n) is 6.09. The van der Waals surface area contributed by atoms with Gasteiger partial charge in [0.2, 0.25) is 0 Å². The van der Waals surface area contributed by atoms with Crippen molar-refractivity contribution in [3.63, 3.8) is 0 Å². The van der Waals surface area contributed by atoms with Gasteiger partial charge in [0, 0.05) is 25.5 Å². The number of nitrogens with zero attached hydrogens (tertiary/aromatic N) is 2. The number of carbonyl (C=O) groups is 2. The first-order valence-corrected chi connectivity index (χ1v) is 7.28. The highest BCUT2D eigenvalue weighted by molar-refractivity contribution is 7.17. The van der Waals surface area contributed by atoms with Crippen molar-refractivity contribution in [3.8, 4) is 0 Å². The van der Waals surface area contributed by atoms with E-state index in [9.17, 15) is 9.59 Å². The van der Waals surface area contributed by atoms with E-state index in [4.69, 9.17) is 16.7 Å². The van der Waals surface area contributed by atoms with E-state index >= 15 is 0 Å². The molecule has 0 amide bonds. The highest BCUT2D eigenvalue weighted by Gasteiger charge is 2.22. The summed E-state index contributed by atoms with van der Waals surface area (Å²) in [5.41, 5.74) is 0.823. The molecule has 0 aliphatic rings. The lowest BCUT2D eigenvalue weighted by Gasteiger charge is -2.15. The Morgan fingerprint density at radius 2 is 1.95 bits per heavy atom. The Morgan fingerprint density at radius 3 is 2.43 bits per heavy atom. The molecule has 0 unspecified atom stereocenters. The zero-order valence-corrected chi connectivity index (χ0v) is 13.0. The summed E-state index contributed by atoms with van der Waals surface area (Å²) in [6.45, 7) is 1.88. The van der Waals surface area contributed by atoms with Crippen LogP contribution in [-0.4, -0.2) is 28.9 Å². The van der Waals surface area contributed by atoms with Crippen LogP contribution in [0.15, 0.2) is 24.3 Å². The van der Waals surface area contributed by atoms with Gasteiger partial charge in [-0.15, -0.1) is 0 Å². The highest BCUT2D eigenvalue weighted by Crippen LogP contribution is 2.27. The number of aromatic nitrogens is 1. The third-order valence-corrected chi connectivity index (χ3v) is 4.32. The molecular formula is C14H13ClN2O3S. The number of thiazole rings is 1. The Kier molecular flexibility index (Phi) is 4.59. The number of benzene rings is 1. The fourth-order valence-electron chi connectivity index (χ4n) is 1.79. The average molecular weight is 325 g/mol. The maximum absolute atomic E-state index is 11.5. The van der Waals surface area contributed by atoms with Crippen LogP contribution in [0.5, 0.6) is 0 Å². The van der Waals surface area contributed by atoms with E-state index in [0.29, 0.717) is 16.7 Å². The Morgan fingerprint density at radius 1 is 1.33 bits per heavy atom. The largest absolute Gasteiger partial charge is 0.476 e. The topological polar surface area (TPSA) is 70.5 Å². The van der Waals surface area contributed by atoms with Crippen molar-refractivity contribution in [2.24, 2.45) is 0 Å². The lowest BCUT2D eigenvalue weighted by atomic mass is 10.2. The zero-order valence-electron chi connectivity index (χ0n) is 11.5. The second kappa shape index (κ2) is 6.24. The number of carbonyl (C=O) groups excluding carboxylic acids is 1. The predicted molar refractivity (Wildman–Crippen MR) is 82.6 cm³/mol. The number of hydrogen-bond donors (Lipinski definition) is 1. The van der Waals surface area contributed by atoms with Crippen molar-refractivity contribution in [2.45, 2.75) is 13.5 Å². The third kappa shape index (κ3) is 3.59. The molecule has 0 fully saturated rings. The summed E-state index contributed by atoms with van der Waals surface area (Å²) >= 11 is 6.92. The molecule has 1 aromatic carbocycles. The molecule has 1 aromatic heterocycles. The normalized spacial score (nSPS) is 10.4. The fourth-order valence-corrected chi connectivity index (χ4v) is 2.83. The van der Waals surface area contributed by atoms with E-state index < -0.39 is 5.97 Å². The monoisotopic (exact) mass is 324 g/mol. The molecule has 0 aliphatic carbocycles. The molecule has 0 atom stereocenters. The molecule has 0 aliphatic heterocycles. The summed E-state index contributed by atoms with van der Waals surface area (Å²) in [5, 5.41) is 10.2. The maximum Gasteiger partial charge on any atom is 0.356 e. The summed E-state index contributed by atoms with van der Waals surface area (Å²) in [7, 11) is 1.79. The number of hydrogen-bond acceptors (Lipinski definition) is 5. The molecule has 2 rings (SSSR count). The smallest absolute Gasteiger partial charge is 0.356 e. The molecule has 0 saturated heterocycles. The highest BCUT2D eigenvalue weighted by atomic mass is 35.5. The van der Waals surface area contributed by atoms with Gasteiger partial charge in [-0.2, -0.15) is 0 Å². The van der Waals surface area contributed by atoms with Crippen LogP contribution < -0.4 is 4.90 Å². The number of halogens is 1. The number of rotatable bonds is 5. The minimum Gasteiger partial charge on any atom is -0.476 e. The van der Waals surface area contributed by atoms with E-state index in [2.05, 4.69) is 4.98 Å². The lowest BCUT2D eigenvalue weighted by molar-refractivity contribution is 0.0687. The SMILES string of the molecule is CC(=O)c1sc(N(C)Cc2ccc(Cl)cc2)nc1C(=O)O. The van der Waals surface area contributed by atoms with Crippen molar-refractivity contribution >= 4 is 39.8 Å². The summed E-state index contributed by atoms with van der Waals surface area (Å²) in [6.07, 6.45) is 0. The van der Waals surface area contributed by atoms with Gasteiger partial charge < -0.3 is 10.0 Å². The molecule has 5 nitrogen and oxygen atoms in total. The van der Waals surface area contributed by atoms with Gasteiger partial charge >= 0.3 is 5.97 Å². The van der Waals surface area contributed by atoms with E-state index in [-0.39, 0.29) is 16.4 Å². The standard InChI is InChI=1S/C14H13ClN2O3S/c1-8(18)12-11(13(19)20)16-14(21-12)17(2)7-9-3-5-10(15)6-4-9/h3-6H,7H2,1-2H3,(H,19,20). The van der Waals surface area contributed by atoms with E-state index in [1.807, 2.05) is 12.1 Å². The van der Waals surface area contributed by atoms with E-state index in [1.165, 1.54) is 6.92 Å². The summed E-state index contributed by atoms with van der Waals surface area (Å²) in [5.74, 6) is -1.49. The molecule has 0 saturated carbocycles. The number of carboxylic acids is 1. The number of anilines is 1. The molecule has 0 spiro atoms. The maximum atomic E-state index is 11.5. The number of ketones is 1. The minimum absolute atomic E-state index is 0.167. The fraction of sp³-hybridized carbons (Fsp3) is 0.214. The van der Waals surface area contributed by atoms with Gasteiger partial charge in [-0.1, -0.05) is 35.1 Å². The summed E-state index contributed by atoms with van der Waals surface area (Å²) < 4.78 is 0. The van der Waals surface area contributed by atoms with Crippen LogP contribution in [0.2, 0.25) is 5.02 Å². The summed E-state index contributed by atoms with van der Waals surface area (Å²) in [4.78, 5) is 28.6. The van der Waals surface area contributed by atoms with Crippen molar-refractivity contribution in [3.05, 3.63) is 45.4 Å². The second-order valence-electron chi connectivity index (χ2n) is 4.52. The molecule has 1 heterocycles. The van der Waals surface area contributed by atoms with Gasteiger partial charge in [-0.3, -0.25) is 4.79 Å². The number of Topliss-reactive ketones (excluding diaryl/α,β-unsaturated/α-hetero) is 1. The van der Waals surface area contributed by atoms with Crippen LogP contribution in [0.3, 0.4) is 0 Å². The molecule has 110 valence electrons. The van der Waals surface area contributed by atoms with Crippen molar-refractivity contribution in [1.82, 2.24) is 4.98 Å². The van der Waals surface area contributed by atoms with Crippen LogP contribution in [-0.2, 0) is 6.54 Å². The molecule has 21 heavy (non-hydrogen) atoms. The van der Waals surface area contributed by atoms with Crippen LogP contribution >= 0.6 is 22.9 Å². The van der Waals surface area contributed by atoms with Crippen molar-refractivity contribution < 1.29 is 14.7 Å². The Hall–Kier alpha value is -1.92. The molecular weight excluding hydrogens is 312 g/mol. The Bertz CT molecular complexity index is 651. The van der Waals surface area contributed by atoms with Gasteiger partial charge in [0.1, 0.15) is 4.88 Å².